The molecule has 0 amide bonds. The van der Waals surface area contributed by atoms with E-state index in [2.05, 4.69) is 21.9 Å². The molecule has 0 N–H and O–H groups in total. The predicted molar refractivity (Wildman–Crippen MR) is 105 cm³/mol. The second-order valence-electron chi connectivity index (χ2n) is 8.47. The third kappa shape index (κ3) is 3.22. The standard InChI is InChI=1S/C21H26N2O3S/c1-24-17-4-3-16(8-18(17)25-2)20-22-19(26-23-20)12-27-21-9-13-5-14(10-21)7-15(6-13)11-21/h3-4,8,13-15H,5-7,9-12H2,1-2H3. The highest BCUT2D eigenvalue weighted by Crippen LogP contribution is 2.61. The summed E-state index contributed by atoms with van der Waals surface area (Å²) in [6.45, 7) is 0. The largest absolute Gasteiger partial charge is 0.493 e. The molecule has 144 valence electrons. The lowest BCUT2D eigenvalue weighted by molar-refractivity contribution is 0.0382. The molecule has 0 radical (unpaired) electrons. The average molecular weight is 387 g/mol. The SMILES string of the molecule is COc1ccc(-c2noc(CSC34CC5CC(CC(C5)C3)C4)n2)cc1OC. The summed E-state index contributed by atoms with van der Waals surface area (Å²) in [5.74, 6) is 6.41. The maximum Gasteiger partial charge on any atom is 0.236 e. The summed E-state index contributed by atoms with van der Waals surface area (Å²) < 4.78 is 16.7. The van der Waals surface area contributed by atoms with Crippen molar-refractivity contribution < 1.29 is 14.0 Å². The first kappa shape index (κ1) is 17.4. The van der Waals surface area contributed by atoms with E-state index in [1.54, 1.807) is 14.2 Å². The average Bonchev–Trinajstić information content (AvgIpc) is 3.14. The van der Waals surface area contributed by atoms with Gasteiger partial charge in [-0.05, 0) is 74.5 Å². The van der Waals surface area contributed by atoms with E-state index in [4.69, 9.17) is 14.0 Å². The van der Waals surface area contributed by atoms with E-state index in [0.717, 1.165) is 35.0 Å². The smallest absolute Gasteiger partial charge is 0.236 e. The summed E-state index contributed by atoms with van der Waals surface area (Å²) in [5.41, 5.74) is 0.877. The highest BCUT2D eigenvalue weighted by Gasteiger charge is 2.51. The van der Waals surface area contributed by atoms with Gasteiger partial charge in [0, 0.05) is 10.3 Å². The number of hydrogen-bond donors (Lipinski definition) is 0. The van der Waals surface area contributed by atoms with Crippen LogP contribution in [0.1, 0.15) is 44.4 Å². The topological polar surface area (TPSA) is 57.4 Å². The van der Waals surface area contributed by atoms with Crippen LogP contribution in [0.25, 0.3) is 11.4 Å². The van der Waals surface area contributed by atoms with Gasteiger partial charge in [0.15, 0.2) is 11.5 Å². The van der Waals surface area contributed by atoms with Crippen molar-refractivity contribution >= 4 is 11.8 Å². The van der Waals surface area contributed by atoms with E-state index >= 15 is 0 Å². The van der Waals surface area contributed by atoms with Gasteiger partial charge >= 0.3 is 0 Å². The predicted octanol–water partition coefficient (Wildman–Crippen LogP) is 4.96. The van der Waals surface area contributed by atoms with Gasteiger partial charge in [0.25, 0.3) is 0 Å². The molecule has 1 aromatic carbocycles. The first-order valence-corrected chi connectivity index (χ1v) is 10.8. The molecule has 0 saturated heterocycles. The van der Waals surface area contributed by atoms with Crippen LogP contribution in [0.5, 0.6) is 11.5 Å². The summed E-state index contributed by atoms with van der Waals surface area (Å²) in [6.07, 6.45) is 8.60. The van der Waals surface area contributed by atoms with Crippen molar-refractivity contribution in [3.63, 3.8) is 0 Å². The summed E-state index contributed by atoms with van der Waals surface area (Å²) >= 11 is 2.07. The molecule has 0 unspecified atom stereocenters. The van der Waals surface area contributed by atoms with E-state index in [1.807, 2.05) is 18.2 Å². The number of benzene rings is 1. The number of ether oxygens (including phenoxy) is 2. The van der Waals surface area contributed by atoms with Gasteiger partial charge < -0.3 is 14.0 Å². The van der Waals surface area contributed by atoms with E-state index in [1.165, 1.54) is 38.5 Å². The van der Waals surface area contributed by atoms with Gasteiger partial charge in [0.2, 0.25) is 11.7 Å². The van der Waals surface area contributed by atoms with Crippen molar-refractivity contribution in [3.05, 3.63) is 24.1 Å². The molecule has 6 heteroatoms. The zero-order chi connectivity index (χ0) is 18.4. The molecule has 4 saturated carbocycles. The summed E-state index contributed by atoms with van der Waals surface area (Å²) in [5, 5.41) is 4.19. The van der Waals surface area contributed by atoms with E-state index in [-0.39, 0.29) is 0 Å². The van der Waals surface area contributed by atoms with Crippen molar-refractivity contribution in [2.75, 3.05) is 14.2 Å². The number of thioether (sulfide) groups is 1. The highest BCUT2D eigenvalue weighted by molar-refractivity contribution is 7.99. The van der Waals surface area contributed by atoms with Gasteiger partial charge in [-0.15, -0.1) is 11.8 Å². The molecule has 2 aromatic rings. The van der Waals surface area contributed by atoms with Gasteiger partial charge in [-0.25, -0.2) is 0 Å². The minimum atomic E-state index is 0.465. The van der Waals surface area contributed by atoms with Crippen LogP contribution in [0, 0.1) is 17.8 Å². The molecule has 0 spiro atoms. The van der Waals surface area contributed by atoms with E-state index in [9.17, 15) is 0 Å². The van der Waals surface area contributed by atoms with Crippen LogP contribution >= 0.6 is 11.8 Å². The monoisotopic (exact) mass is 386 g/mol. The summed E-state index contributed by atoms with van der Waals surface area (Å²) in [4.78, 5) is 4.63. The van der Waals surface area contributed by atoms with E-state index in [0.29, 0.717) is 22.1 Å². The Bertz CT molecular complexity index is 799. The van der Waals surface area contributed by atoms with Crippen LogP contribution in [-0.2, 0) is 5.75 Å². The van der Waals surface area contributed by atoms with Crippen LogP contribution < -0.4 is 9.47 Å². The van der Waals surface area contributed by atoms with Crippen LogP contribution in [0.4, 0.5) is 0 Å². The molecule has 4 fully saturated rings. The van der Waals surface area contributed by atoms with Gasteiger partial charge in [-0.2, -0.15) is 4.98 Å². The fraction of sp³-hybridized carbons (Fsp3) is 0.619. The Morgan fingerprint density at radius 2 is 1.70 bits per heavy atom. The summed E-state index contributed by atoms with van der Waals surface area (Å²) in [7, 11) is 3.26. The third-order valence-corrected chi connectivity index (χ3v) is 8.10. The number of hydrogen-bond acceptors (Lipinski definition) is 6. The second kappa shape index (κ2) is 6.73. The first-order chi connectivity index (χ1) is 13.2. The Labute approximate surface area is 164 Å². The molecule has 4 bridgehead atoms. The minimum absolute atomic E-state index is 0.465. The molecule has 27 heavy (non-hydrogen) atoms. The fourth-order valence-corrected chi connectivity index (χ4v) is 7.44. The Hall–Kier alpha value is -1.69. The molecule has 0 aliphatic heterocycles. The van der Waals surface area contributed by atoms with Gasteiger partial charge in [0.1, 0.15) is 0 Å². The molecule has 4 aliphatic rings. The van der Waals surface area contributed by atoms with Crippen LogP contribution in [0.15, 0.2) is 22.7 Å². The van der Waals surface area contributed by atoms with Crippen molar-refractivity contribution in [3.8, 4) is 22.9 Å². The zero-order valence-electron chi connectivity index (χ0n) is 15.9. The molecule has 4 aliphatic carbocycles. The molecule has 1 heterocycles. The minimum Gasteiger partial charge on any atom is -0.493 e. The number of methoxy groups -OCH3 is 2. The first-order valence-electron chi connectivity index (χ1n) is 9.85. The molecule has 5 nitrogen and oxygen atoms in total. The maximum absolute atomic E-state index is 5.56. The van der Waals surface area contributed by atoms with Crippen LogP contribution in [0.3, 0.4) is 0 Å². The molecule has 0 atom stereocenters. The normalized spacial score (nSPS) is 31.3. The van der Waals surface area contributed by atoms with Gasteiger partial charge in [-0.3, -0.25) is 0 Å². The van der Waals surface area contributed by atoms with E-state index < -0.39 is 0 Å². The van der Waals surface area contributed by atoms with Gasteiger partial charge in [-0.1, -0.05) is 5.16 Å². The summed E-state index contributed by atoms with van der Waals surface area (Å²) in [6, 6.07) is 5.69. The lowest BCUT2D eigenvalue weighted by Crippen LogP contribution is -2.48. The Balaban J connectivity index is 1.29. The number of aromatic nitrogens is 2. The highest BCUT2D eigenvalue weighted by atomic mass is 32.2. The Kier molecular flexibility index (Phi) is 4.34. The zero-order valence-corrected chi connectivity index (χ0v) is 16.8. The quantitative estimate of drug-likeness (QED) is 0.700. The molecular formula is C21H26N2O3S. The van der Waals surface area contributed by atoms with Crippen LogP contribution in [0.2, 0.25) is 0 Å². The van der Waals surface area contributed by atoms with Crippen molar-refractivity contribution in [2.24, 2.45) is 17.8 Å². The number of nitrogens with zero attached hydrogens (tertiary/aromatic N) is 2. The fourth-order valence-electron chi connectivity index (χ4n) is 5.83. The van der Waals surface area contributed by atoms with Crippen molar-refractivity contribution in [2.45, 2.75) is 49.0 Å². The van der Waals surface area contributed by atoms with Crippen molar-refractivity contribution in [1.82, 2.24) is 10.1 Å². The third-order valence-electron chi connectivity index (χ3n) is 6.59. The molecule has 1 aromatic heterocycles. The van der Waals surface area contributed by atoms with Crippen LogP contribution in [-0.4, -0.2) is 29.1 Å². The molecule has 6 rings (SSSR count). The lowest BCUT2D eigenvalue weighted by Gasteiger charge is -2.56. The van der Waals surface area contributed by atoms with Crippen molar-refractivity contribution in [1.29, 1.82) is 0 Å². The number of rotatable bonds is 6. The Morgan fingerprint density at radius 1 is 1.04 bits per heavy atom. The molecular weight excluding hydrogens is 360 g/mol. The Morgan fingerprint density at radius 3 is 2.33 bits per heavy atom. The lowest BCUT2D eigenvalue weighted by atomic mass is 9.56. The maximum atomic E-state index is 5.56. The second-order valence-corrected chi connectivity index (χ2v) is 9.91. The van der Waals surface area contributed by atoms with Gasteiger partial charge in [0.05, 0.1) is 20.0 Å².